The second-order valence-electron chi connectivity index (χ2n) is 4.98. The van der Waals surface area contributed by atoms with Crippen LogP contribution in [0, 0.1) is 0 Å². The van der Waals surface area contributed by atoms with Crippen LogP contribution in [0.15, 0.2) is 59.1 Å². The molecule has 0 atom stereocenters. The molecule has 0 fully saturated rings. The fourth-order valence-electron chi connectivity index (χ4n) is 2.09. The molecule has 0 bridgehead atoms. The van der Waals surface area contributed by atoms with Crippen molar-refractivity contribution in [3.05, 3.63) is 75.4 Å². The summed E-state index contributed by atoms with van der Waals surface area (Å²) >= 11 is 9.23. The zero-order chi connectivity index (χ0) is 16.2. The fraction of sp³-hybridized carbons (Fsp3) is 0.0588. The first kappa shape index (κ1) is 15.8. The van der Waals surface area contributed by atoms with E-state index in [-0.39, 0.29) is 5.91 Å². The second-order valence-corrected chi connectivity index (χ2v) is 6.34. The Labute approximate surface area is 147 Å². The Balaban J connectivity index is 1.66. The molecule has 1 heterocycles. The number of amides is 1. The van der Waals surface area contributed by atoms with E-state index in [4.69, 9.17) is 11.6 Å². The quantitative estimate of drug-likeness (QED) is 0.692. The molecule has 3 rings (SSSR count). The minimum absolute atomic E-state index is 0.198. The lowest BCUT2D eigenvalue weighted by Crippen LogP contribution is -2.23. The Hall–Kier alpha value is -2.11. The van der Waals surface area contributed by atoms with Crippen LogP contribution in [0.5, 0.6) is 0 Å². The van der Waals surface area contributed by atoms with Crippen LogP contribution in [-0.2, 0) is 6.54 Å². The van der Waals surface area contributed by atoms with Gasteiger partial charge in [0.2, 0.25) is 0 Å². The summed E-state index contributed by atoms with van der Waals surface area (Å²) < 4.78 is 0.998. The van der Waals surface area contributed by atoms with Gasteiger partial charge in [-0.05, 0) is 35.9 Å². The number of rotatable bonds is 4. The first-order valence-electron chi connectivity index (χ1n) is 6.96. The molecular formula is C17H13BrClN3O. The van der Waals surface area contributed by atoms with Crippen molar-refractivity contribution < 1.29 is 4.79 Å². The number of carbonyl (C=O) groups excluding carboxylic acids is 1. The van der Waals surface area contributed by atoms with Gasteiger partial charge in [-0.1, -0.05) is 51.8 Å². The summed E-state index contributed by atoms with van der Waals surface area (Å²) in [5.74, 6) is -0.198. The second kappa shape index (κ2) is 6.98. The van der Waals surface area contributed by atoms with E-state index in [1.165, 1.54) is 0 Å². The van der Waals surface area contributed by atoms with Gasteiger partial charge < -0.3 is 5.32 Å². The summed E-state index contributed by atoms with van der Waals surface area (Å²) in [6.45, 7) is 0.433. The molecule has 1 aromatic heterocycles. The van der Waals surface area contributed by atoms with Crippen molar-refractivity contribution in [1.82, 2.24) is 15.5 Å². The molecule has 0 unspecified atom stereocenters. The van der Waals surface area contributed by atoms with Crippen molar-refractivity contribution in [2.75, 3.05) is 0 Å². The maximum absolute atomic E-state index is 12.2. The zero-order valence-electron chi connectivity index (χ0n) is 12.0. The summed E-state index contributed by atoms with van der Waals surface area (Å²) in [6.07, 6.45) is 0. The van der Waals surface area contributed by atoms with E-state index in [1.54, 1.807) is 18.2 Å². The highest BCUT2D eigenvalue weighted by atomic mass is 79.9. The molecular weight excluding hydrogens is 378 g/mol. The first-order valence-corrected chi connectivity index (χ1v) is 8.13. The highest BCUT2D eigenvalue weighted by Gasteiger charge is 2.10. The normalized spacial score (nSPS) is 10.5. The third-order valence-corrected chi connectivity index (χ3v) is 4.11. The van der Waals surface area contributed by atoms with Gasteiger partial charge in [0.1, 0.15) is 5.69 Å². The van der Waals surface area contributed by atoms with Crippen LogP contribution in [-0.4, -0.2) is 16.1 Å². The lowest BCUT2D eigenvalue weighted by atomic mass is 10.1. The molecule has 0 saturated heterocycles. The van der Waals surface area contributed by atoms with Gasteiger partial charge in [0.05, 0.1) is 5.69 Å². The Bertz CT molecular complexity index is 813. The van der Waals surface area contributed by atoms with Crippen LogP contribution in [0.1, 0.15) is 16.1 Å². The molecule has 6 heteroatoms. The molecule has 116 valence electrons. The Morgan fingerprint density at radius 1 is 1.13 bits per heavy atom. The van der Waals surface area contributed by atoms with Crippen LogP contribution in [0.3, 0.4) is 0 Å². The third kappa shape index (κ3) is 4.00. The fourth-order valence-corrected chi connectivity index (χ4v) is 2.48. The monoisotopic (exact) mass is 389 g/mol. The summed E-state index contributed by atoms with van der Waals surface area (Å²) in [7, 11) is 0. The van der Waals surface area contributed by atoms with Crippen molar-refractivity contribution in [1.29, 1.82) is 0 Å². The molecule has 0 aliphatic rings. The average Bonchev–Trinajstić information content (AvgIpc) is 3.05. The van der Waals surface area contributed by atoms with E-state index in [2.05, 4.69) is 31.4 Å². The topological polar surface area (TPSA) is 57.8 Å². The van der Waals surface area contributed by atoms with Gasteiger partial charge in [0.25, 0.3) is 5.91 Å². The third-order valence-electron chi connectivity index (χ3n) is 3.33. The Morgan fingerprint density at radius 2 is 1.83 bits per heavy atom. The van der Waals surface area contributed by atoms with E-state index in [0.717, 1.165) is 21.3 Å². The summed E-state index contributed by atoms with van der Waals surface area (Å²) in [5, 5.41) is 10.5. The zero-order valence-corrected chi connectivity index (χ0v) is 14.4. The lowest BCUT2D eigenvalue weighted by Gasteiger charge is -2.03. The molecule has 0 aliphatic heterocycles. The van der Waals surface area contributed by atoms with Crippen LogP contribution < -0.4 is 5.32 Å². The Morgan fingerprint density at radius 3 is 2.52 bits per heavy atom. The minimum Gasteiger partial charge on any atom is -0.347 e. The summed E-state index contributed by atoms with van der Waals surface area (Å²) in [5.41, 5.74) is 3.09. The summed E-state index contributed by atoms with van der Waals surface area (Å²) in [4.78, 5) is 12.2. The average molecular weight is 391 g/mol. The molecule has 4 nitrogen and oxygen atoms in total. The number of halogens is 2. The first-order chi connectivity index (χ1) is 11.1. The molecule has 23 heavy (non-hydrogen) atoms. The van der Waals surface area contributed by atoms with Crippen LogP contribution in [0.25, 0.3) is 11.3 Å². The highest BCUT2D eigenvalue weighted by Crippen LogP contribution is 2.20. The van der Waals surface area contributed by atoms with Gasteiger partial charge in [0.15, 0.2) is 0 Å². The molecule has 0 radical (unpaired) electrons. The maximum Gasteiger partial charge on any atom is 0.269 e. The van der Waals surface area contributed by atoms with Gasteiger partial charge in [0, 0.05) is 21.6 Å². The van der Waals surface area contributed by atoms with Crippen molar-refractivity contribution in [2.24, 2.45) is 0 Å². The van der Waals surface area contributed by atoms with Gasteiger partial charge in [-0.25, -0.2) is 0 Å². The molecule has 1 amide bonds. The predicted molar refractivity (Wildman–Crippen MR) is 94.3 cm³/mol. The SMILES string of the molecule is O=C(NCc1ccc(Cl)cc1)c1cc(-c2ccc(Br)cc2)n[nH]1. The number of nitrogens with zero attached hydrogens (tertiary/aromatic N) is 1. The number of benzene rings is 2. The Kier molecular flexibility index (Phi) is 4.79. The molecule has 0 aliphatic carbocycles. The molecule has 0 spiro atoms. The molecule has 0 saturated carbocycles. The predicted octanol–water partition coefficient (Wildman–Crippen LogP) is 4.42. The number of nitrogens with one attached hydrogen (secondary N) is 2. The number of hydrogen-bond acceptors (Lipinski definition) is 2. The van der Waals surface area contributed by atoms with Crippen LogP contribution in [0.4, 0.5) is 0 Å². The van der Waals surface area contributed by atoms with E-state index < -0.39 is 0 Å². The molecule has 2 aromatic carbocycles. The van der Waals surface area contributed by atoms with Gasteiger partial charge in [-0.15, -0.1) is 0 Å². The van der Waals surface area contributed by atoms with Crippen molar-refractivity contribution in [3.8, 4) is 11.3 Å². The van der Waals surface area contributed by atoms with Crippen molar-refractivity contribution in [3.63, 3.8) is 0 Å². The number of carbonyl (C=O) groups is 1. The summed E-state index contributed by atoms with van der Waals surface area (Å²) in [6, 6.07) is 16.8. The van der Waals surface area contributed by atoms with Gasteiger partial charge in [-0.3, -0.25) is 9.89 Å². The number of H-pyrrole nitrogens is 1. The van der Waals surface area contributed by atoms with E-state index in [1.807, 2.05) is 36.4 Å². The molecule has 2 N–H and O–H groups in total. The number of aromatic amines is 1. The van der Waals surface area contributed by atoms with Crippen molar-refractivity contribution in [2.45, 2.75) is 6.54 Å². The standard InChI is InChI=1S/C17H13BrClN3O/c18-13-5-3-12(4-6-13)15-9-16(22-21-15)17(23)20-10-11-1-7-14(19)8-2-11/h1-9H,10H2,(H,20,23)(H,21,22). The van der Waals surface area contributed by atoms with E-state index in [0.29, 0.717) is 17.3 Å². The van der Waals surface area contributed by atoms with Crippen molar-refractivity contribution >= 4 is 33.4 Å². The van der Waals surface area contributed by atoms with Crippen LogP contribution >= 0.6 is 27.5 Å². The van der Waals surface area contributed by atoms with E-state index >= 15 is 0 Å². The minimum atomic E-state index is -0.198. The maximum atomic E-state index is 12.2. The number of hydrogen-bond donors (Lipinski definition) is 2. The largest absolute Gasteiger partial charge is 0.347 e. The highest BCUT2D eigenvalue weighted by molar-refractivity contribution is 9.10. The van der Waals surface area contributed by atoms with Crippen LogP contribution in [0.2, 0.25) is 5.02 Å². The van der Waals surface area contributed by atoms with Gasteiger partial charge >= 0.3 is 0 Å². The molecule has 3 aromatic rings. The number of aromatic nitrogens is 2. The van der Waals surface area contributed by atoms with E-state index in [9.17, 15) is 4.79 Å². The van der Waals surface area contributed by atoms with Gasteiger partial charge in [-0.2, -0.15) is 5.10 Å². The smallest absolute Gasteiger partial charge is 0.269 e. The lowest BCUT2D eigenvalue weighted by molar-refractivity contribution is 0.0946.